The van der Waals surface area contributed by atoms with Gasteiger partial charge in [0.25, 0.3) is 0 Å². The highest BCUT2D eigenvalue weighted by atomic mass is 16.5. The summed E-state index contributed by atoms with van der Waals surface area (Å²) in [6.07, 6.45) is 6.85. The van der Waals surface area contributed by atoms with Gasteiger partial charge in [-0.25, -0.2) is 4.79 Å². The second-order valence-corrected chi connectivity index (χ2v) is 7.47. The van der Waals surface area contributed by atoms with Gasteiger partial charge in [-0.05, 0) is 69.8 Å². The lowest BCUT2D eigenvalue weighted by atomic mass is 9.91. The van der Waals surface area contributed by atoms with Crippen LogP contribution in [0.1, 0.15) is 43.7 Å². The largest absolute Gasteiger partial charge is 0.450 e. The van der Waals surface area contributed by atoms with Crippen LogP contribution in [-0.4, -0.2) is 28.7 Å². The van der Waals surface area contributed by atoms with Crippen LogP contribution in [0.3, 0.4) is 0 Å². The van der Waals surface area contributed by atoms with Gasteiger partial charge < -0.3 is 21.1 Å². The van der Waals surface area contributed by atoms with Gasteiger partial charge in [-0.15, -0.1) is 0 Å². The molecule has 1 aliphatic carbocycles. The van der Waals surface area contributed by atoms with Gasteiger partial charge in [-0.1, -0.05) is 6.07 Å². The Kier molecular flexibility index (Phi) is 5.13. The molecule has 0 atom stereocenters. The average Bonchev–Trinajstić information content (AvgIpc) is 2.67. The van der Waals surface area contributed by atoms with Crippen molar-refractivity contribution in [2.24, 2.45) is 5.73 Å². The molecule has 1 aromatic carbocycles. The van der Waals surface area contributed by atoms with Gasteiger partial charge in [-0.2, -0.15) is 4.98 Å². The molecule has 27 heavy (non-hydrogen) atoms. The van der Waals surface area contributed by atoms with Crippen LogP contribution in [0, 0.1) is 6.92 Å². The van der Waals surface area contributed by atoms with E-state index in [4.69, 9.17) is 10.5 Å². The molecule has 7 heteroatoms. The summed E-state index contributed by atoms with van der Waals surface area (Å²) in [6.45, 7) is 3.70. The molecule has 2 aromatic rings. The lowest BCUT2D eigenvalue weighted by Gasteiger charge is -2.31. The smallest absolute Gasteiger partial charge is 0.350 e. The van der Waals surface area contributed by atoms with Crippen molar-refractivity contribution in [3.63, 3.8) is 0 Å². The number of aromatic nitrogens is 2. The van der Waals surface area contributed by atoms with Crippen molar-refractivity contribution in [2.75, 3.05) is 18.4 Å². The van der Waals surface area contributed by atoms with E-state index in [9.17, 15) is 4.79 Å². The Hall–Kier alpha value is -2.38. The number of benzene rings is 1. The normalized spacial score (nSPS) is 21.0. The lowest BCUT2D eigenvalue weighted by molar-refractivity contribution is 0.282. The first-order chi connectivity index (χ1) is 13.1. The van der Waals surface area contributed by atoms with Crippen LogP contribution in [-0.2, 0) is 0 Å². The fourth-order valence-electron chi connectivity index (χ4n) is 3.92. The molecular formula is C20H27N5O2. The van der Waals surface area contributed by atoms with Gasteiger partial charge in [0.2, 0.25) is 0 Å². The number of aryl methyl sites for hydroxylation is 1. The standard InChI is InChI=1S/C20H27N5O2/c1-13-3-8-17-16(11-13)23-19-18(27-17)12-25(20(26)24-19)15-6-4-14(5-7-15)22-10-2-9-21/h3,8,11-12,14-15,22H,2,4-7,9-10,21H2,1H3,(H,23,24,26). The minimum Gasteiger partial charge on any atom is -0.450 e. The maximum Gasteiger partial charge on any atom is 0.350 e. The summed E-state index contributed by atoms with van der Waals surface area (Å²) in [6, 6.07) is 6.63. The van der Waals surface area contributed by atoms with Gasteiger partial charge in [-0.3, -0.25) is 4.57 Å². The molecule has 1 saturated carbocycles. The molecule has 0 bridgehead atoms. The predicted molar refractivity (Wildman–Crippen MR) is 106 cm³/mol. The van der Waals surface area contributed by atoms with Crippen LogP contribution in [0.2, 0.25) is 0 Å². The van der Waals surface area contributed by atoms with Crippen molar-refractivity contribution in [1.82, 2.24) is 14.9 Å². The van der Waals surface area contributed by atoms with Crippen LogP contribution < -0.4 is 26.8 Å². The highest BCUT2D eigenvalue weighted by Gasteiger charge is 2.26. The SMILES string of the molecule is Cc1ccc2c(c1)Nc1nc(=O)n(C3CCC(NCCCN)CC3)cc1O2. The molecule has 0 amide bonds. The van der Waals surface area contributed by atoms with E-state index >= 15 is 0 Å². The Balaban J connectivity index is 1.48. The van der Waals surface area contributed by atoms with Crippen molar-refractivity contribution < 1.29 is 4.74 Å². The van der Waals surface area contributed by atoms with Crippen LogP contribution in [0.5, 0.6) is 11.5 Å². The van der Waals surface area contributed by atoms with Gasteiger partial charge in [0.1, 0.15) is 0 Å². The van der Waals surface area contributed by atoms with E-state index in [1.807, 2.05) is 31.3 Å². The van der Waals surface area contributed by atoms with E-state index in [2.05, 4.69) is 15.6 Å². The fraction of sp³-hybridized carbons (Fsp3) is 0.500. The molecule has 0 spiro atoms. The third-order valence-corrected chi connectivity index (χ3v) is 5.43. The number of nitrogens with two attached hydrogens (primary N) is 1. The monoisotopic (exact) mass is 369 g/mol. The summed E-state index contributed by atoms with van der Waals surface area (Å²) in [5.74, 6) is 1.86. The average molecular weight is 369 g/mol. The molecule has 1 fully saturated rings. The number of rotatable bonds is 5. The zero-order chi connectivity index (χ0) is 18.8. The quantitative estimate of drug-likeness (QED) is 0.599. The van der Waals surface area contributed by atoms with Crippen LogP contribution in [0.25, 0.3) is 0 Å². The van der Waals surface area contributed by atoms with E-state index in [0.717, 1.165) is 62.2 Å². The Bertz CT molecular complexity index is 871. The first kappa shape index (κ1) is 18.0. The second kappa shape index (κ2) is 7.70. The van der Waals surface area contributed by atoms with E-state index in [-0.39, 0.29) is 11.7 Å². The number of fused-ring (bicyclic) bond motifs is 2. The topological polar surface area (TPSA) is 94.2 Å². The van der Waals surface area contributed by atoms with Gasteiger partial charge >= 0.3 is 5.69 Å². The molecule has 1 aromatic heterocycles. The van der Waals surface area contributed by atoms with Crippen molar-refractivity contribution >= 4 is 11.5 Å². The first-order valence-corrected chi connectivity index (χ1v) is 9.76. The lowest BCUT2D eigenvalue weighted by Crippen LogP contribution is -2.37. The number of hydrogen-bond acceptors (Lipinski definition) is 6. The fourth-order valence-corrected chi connectivity index (χ4v) is 3.92. The van der Waals surface area contributed by atoms with E-state index in [1.54, 1.807) is 4.57 Å². The second-order valence-electron chi connectivity index (χ2n) is 7.47. The maximum atomic E-state index is 12.6. The van der Waals surface area contributed by atoms with Crippen LogP contribution >= 0.6 is 0 Å². The summed E-state index contributed by atoms with van der Waals surface area (Å²) in [5.41, 5.74) is 7.30. The van der Waals surface area contributed by atoms with Gasteiger partial charge in [0, 0.05) is 12.1 Å². The van der Waals surface area contributed by atoms with E-state index in [0.29, 0.717) is 17.6 Å². The van der Waals surface area contributed by atoms with Gasteiger partial charge in [0.05, 0.1) is 11.9 Å². The third-order valence-electron chi connectivity index (χ3n) is 5.43. The third kappa shape index (κ3) is 3.84. The summed E-state index contributed by atoms with van der Waals surface area (Å²) in [4.78, 5) is 16.8. The Morgan fingerprint density at radius 2 is 2.11 bits per heavy atom. The molecule has 7 nitrogen and oxygen atoms in total. The molecule has 4 rings (SSSR count). The van der Waals surface area contributed by atoms with Crippen LogP contribution in [0.15, 0.2) is 29.2 Å². The van der Waals surface area contributed by atoms with Crippen LogP contribution in [0.4, 0.5) is 11.5 Å². The van der Waals surface area contributed by atoms with Crippen molar-refractivity contribution in [2.45, 2.75) is 51.1 Å². The molecule has 0 saturated heterocycles. The van der Waals surface area contributed by atoms with Gasteiger partial charge in [0.15, 0.2) is 17.3 Å². The molecule has 2 heterocycles. The van der Waals surface area contributed by atoms with Crippen molar-refractivity contribution in [3.05, 3.63) is 40.4 Å². The molecule has 1 aliphatic heterocycles. The molecule has 2 aliphatic rings. The summed E-state index contributed by atoms with van der Waals surface area (Å²) in [5, 5.41) is 6.78. The predicted octanol–water partition coefficient (Wildman–Crippen LogP) is 2.82. The molecule has 0 radical (unpaired) electrons. The Morgan fingerprint density at radius 1 is 1.30 bits per heavy atom. The van der Waals surface area contributed by atoms with E-state index in [1.165, 1.54) is 0 Å². The molecular weight excluding hydrogens is 342 g/mol. The summed E-state index contributed by atoms with van der Waals surface area (Å²) >= 11 is 0. The number of nitrogens with zero attached hydrogens (tertiary/aromatic N) is 2. The Labute approximate surface area is 158 Å². The molecule has 4 N–H and O–H groups in total. The molecule has 0 unspecified atom stereocenters. The Morgan fingerprint density at radius 3 is 2.89 bits per heavy atom. The summed E-state index contributed by atoms with van der Waals surface area (Å²) < 4.78 is 7.74. The highest BCUT2D eigenvalue weighted by molar-refractivity contribution is 5.72. The zero-order valence-electron chi connectivity index (χ0n) is 15.7. The van der Waals surface area contributed by atoms with Crippen molar-refractivity contribution in [3.8, 4) is 11.5 Å². The minimum absolute atomic E-state index is 0.172. The number of nitrogens with one attached hydrogen (secondary N) is 2. The number of anilines is 2. The molecule has 144 valence electrons. The summed E-state index contributed by atoms with van der Waals surface area (Å²) in [7, 11) is 0. The minimum atomic E-state index is -0.222. The maximum absolute atomic E-state index is 12.6. The number of hydrogen-bond donors (Lipinski definition) is 3. The van der Waals surface area contributed by atoms with Crippen molar-refractivity contribution in [1.29, 1.82) is 0 Å². The first-order valence-electron chi connectivity index (χ1n) is 9.76. The highest BCUT2D eigenvalue weighted by Crippen LogP contribution is 2.41. The van der Waals surface area contributed by atoms with E-state index < -0.39 is 0 Å². The number of ether oxygens (including phenoxy) is 1. The zero-order valence-corrected chi connectivity index (χ0v) is 15.7.